The summed E-state index contributed by atoms with van der Waals surface area (Å²) in [7, 11) is 1.45. The fourth-order valence-corrected chi connectivity index (χ4v) is 2.88. The van der Waals surface area contributed by atoms with Gasteiger partial charge in [0.2, 0.25) is 0 Å². The molecule has 0 amide bonds. The topological polar surface area (TPSA) is 47.3 Å². The Hall–Kier alpha value is -1.91. The lowest BCUT2D eigenvalue weighted by atomic mass is 9.90. The highest BCUT2D eigenvalue weighted by Crippen LogP contribution is 2.32. The number of halogens is 1. The predicted molar refractivity (Wildman–Crippen MR) is 82.8 cm³/mol. The third-order valence-electron chi connectivity index (χ3n) is 3.72. The molecule has 0 aliphatic carbocycles. The van der Waals surface area contributed by atoms with Crippen LogP contribution >= 0.6 is 0 Å². The van der Waals surface area contributed by atoms with E-state index in [4.69, 9.17) is 10.6 Å². The van der Waals surface area contributed by atoms with Crippen molar-refractivity contribution < 1.29 is 9.13 Å². The molecule has 0 bridgehead atoms. The summed E-state index contributed by atoms with van der Waals surface area (Å²) in [5.41, 5.74) is 7.55. The molecule has 1 unspecified atom stereocenters. The number of aryl methyl sites for hydroxylation is 3. The molecule has 0 saturated heterocycles. The maximum atomic E-state index is 14.5. The SMILES string of the molecule is COc1cccc(C(NN)c2c(C)cc(C)cc2C)c1F. The number of benzene rings is 2. The maximum Gasteiger partial charge on any atom is 0.170 e. The van der Waals surface area contributed by atoms with Gasteiger partial charge in [-0.2, -0.15) is 0 Å². The van der Waals surface area contributed by atoms with Crippen LogP contribution in [-0.2, 0) is 0 Å². The van der Waals surface area contributed by atoms with E-state index in [-0.39, 0.29) is 11.6 Å². The highest BCUT2D eigenvalue weighted by molar-refractivity contribution is 5.46. The molecule has 0 aliphatic rings. The molecule has 0 spiro atoms. The van der Waals surface area contributed by atoms with E-state index in [1.54, 1.807) is 18.2 Å². The van der Waals surface area contributed by atoms with Crippen molar-refractivity contribution >= 4 is 0 Å². The quantitative estimate of drug-likeness (QED) is 0.670. The molecule has 0 fully saturated rings. The third kappa shape index (κ3) is 2.91. The first kappa shape index (κ1) is 15.5. The second-order valence-electron chi connectivity index (χ2n) is 5.28. The maximum absolute atomic E-state index is 14.5. The lowest BCUT2D eigenvalue weighted by Gasteiger charge is -2.23. The van der Waals surface area contributed by atoms with E-state index in [2.05, 4.69) is 17.6 Å². The lowest BCUT2D eigenvalue weighted by molar-refractivity contribution is 0.381. The molecular weight excluding hydrogens is 267 g/mol. The zero-order valence-electron chi connectivity index (χ0n) is 12.8. The summed E-state index contributed by atoms with van der Waals surface area (Å²) in [4.78, 5) is 0. The molecule has 0 radical (unpaired) electrons. The molecule has 0 aliphatic heterocycles. The van der Waals surface area contributed by atoms with Crippen molar-refractivity contribution in [3.05, 3.63) is 64.0 Å². The average Bonchev–Trinajstić information content (AvgIpc) is 2.43. The van der Waals surface area contributed by atoms with Gasteiger partial charge in [-0.15, -0.1) is 0 Å². The number of hydrazine groups is 1. The van der Waals surface area contributed by atoms with Crippen molar-refractivity contribution in [1.29, 1.82) is 0 Å². The summed E-state index contributed by atoms with van der Waals surface area (Å²) in [6.45, 7) is 6.07. The van der Waals surface area contributed by atoms with Crippen LogP contribution in [0.1, 0.15) is 33.9 Å². The van der Waals surface area contributed by atoms with Gasteiger partial charge in [-0.3, -0.25) is 5.84 Å². The Balaban J connectivity index is 2.61. The first-order valence-corrected chi connectivity index (χ1v) is 6.85. The van der Waals surface area contributed by atoms with Crippen LogP contribution in [-0.4, -0.2) is 7.11 Å². The molecule has 112 valence electrons. The third-order valence-corrected chi connectivity index (χ3v) is 3.72. The molecule has 21 heavy (non-hydrogen) atoms. The molecule has 0 saturated carbocycles. The second-order valence-corrected chi connectivity index (χ2v) is 5.28. The van der Waals surface area contributed by atoms with E-state index in [9.17, 15) is 4.39 Å². The van der Waals surface area contributed by atoms with Crippen molar-refractivity contribution in [3.63, 3.8) is 0 Å². The molecule has 1 atom stereocenters. The Morgan fingerprint density at radius 3 is 2.29 bits per heavy atom. The molecule has 2 rings (SSSR count). The first-order valence-electron chi connectivity index (χ1n) is 6.85. The van der Waals surface area contributed by atoms with Gasteiger partial charge in [-0.1, -0.05) is 29.8 Å². The Labute approximate surface area is 124 Å². The summed E-state index contributed by atoms with van der Waals surface area (Å²) in [6, 6.07) is 8.82. The van der Waals surface area contributed by atoms with Gasteiger partial charge in [0, 0.05) is 5.56 Å². The van der Waals surface area contributed by atoms with E-state index in [1.165, 1.54) is 12.7 Å². The molecular formula is C17H21FN2O. The predicted octanol–water partition coefficient (Wildman–Crippen LogP) is 3.31. The highest BCUT2D eigenvalue weighted by atomic mass is 19.1. The second kappa shape index (κ2) is 6.24. The minimum absolute atomic E-state index is 0.218. The minimum Gasteiger partial charge on any atom is -0.494 e. The van der Waals surface area contributed by atoms with Gasteiger partial charge in [-0.25, -0.2) is 9.82 Å². The monoisotopic (exact) mass is 288 g/mol. The molecule has 4 heteroatoms. The summed E-state index contributed by atoms with van der Waals surface area (Å²) < 4.78 is 19.6. The fourth-order valence-electron chi connectivity index (χ4n) is 2.88. The Kier molecular flexibility index (Phi) is 4.60. The molecule has 3 nitrogen and oxygen atoms in total. The van der Waals surface area contributed by atoms with Crippen LogP contribution in [0.2, 0.25) is 0 Å². The summed E-state index contributed by atoms with van der Waals surface area (Å²) >= 11 is 0. The van der Waals surface area contributed by atoms with Gasteiger partial charge in [0.25, 0.3) is 0 Å². The molecule has 2 aromatic rings. The van der Waals surface area contributed by atoms with Crippen LogP contribution in [0.4, 0.5) is 4.39 Å². The van der Waals surface area contributed by atoms with Crippen molar-refractivity contribution in [2.45, 2.75) is 26.8 Å². The normalized spacial score (nSPS) is 12.3. The Morgan fingerprint density at radius 2 is 1.76 bits per heavy atom. The van der Waals surface area contributed by atoms with E-state index >= 15 is 0 Å². The standard InChI is InChI=1S/C17H21FN2O/c1-10-8-11(2)15(12(3)9-10)17(20-19)13-6-5-7-14(21-4)16(13)18/h5-9,17,20H,19H2,1-4H3. The molecule has 2 aromatic carbocycles. The van der Waals surface area contributed by atoms with E-state index < -0.39 is 6.04 Å². The van der Waals surface area contributed by atoms with Crippen LogP contribution < -0.4 is 16.0 Å². The number of hydrogen-bond donors (Lipinski definition) is 2. The number of methoxy groups -OCH3 is 1. The van der Waals surface area contributed by atoms with Gasteiger partial charge in [0.05, 0.1) is 13.2 Å². The van der Waals surface area contributed by atoms with Crippen molar-refractivity contribution in [2.24, 2.45) is 5.84 Å². The Bertz CT molecular complexity index is 632. The Morgan fingerprint density at radius 1 is 1.14 bits per heavy atom. The number of nitrogens with two attached hydrogens (primary N) is 1. The van der Waals surface area contributed by atoms with Crippen LogP contribution in [0.3, 0.4) is 0 Å². The van der Waals surface area contributed by atoms with Crippen molar-refractivity contribution in [3.8, 4) is 5.75 Å². The zero-order valence-corrected chi connectivity index (χ0v) is 12.8. The number of ether oxygens (including phenoxy) is 1. The molecule has 3 N–H and O–H groups in total. The van der Waals surface area contributed by atoms with E-state index in [0.29, 0.717) is 5.56 Å². The summed E-state index contributed by atoms with van der Waals surface area (Å²) in [6.07, 6.45) is 0. The van der Waals surface area contributed by atoms with Gasteiger partial charge >= 0.3 is 0 Å². The van der Waals surface area contributed by atoms with Gasteiger partial charge in [0.1, 0.15) is 0 Å². The van der Waals surface area contributed by atoms with Crippen LogP contribution in [0, 0.1) is 26.6 Å². The molecule has 0 aromatic heterocycles. The largest absolute Gasteiger partial charge is 0.494 e. The number of nitrogens with one attached hydrogen (secondary N) is 1. The average molecular weight is 288 g/mol. The van der Waals surface area contributed by atoms with Gasteiger partial charge in [-0.05, 0) is 43.5 Å². The zero-order chi connectivity index (χ0) is 15.6. The van der Waals surface area contributed by atoms with Crippen molar-refractivity contribution in [1.82, 2.24) is 5.43 Å². The van der Waals surface area contributed by atoms with Crippen molar-refractivity contribution in [2.75, 3.05) is 7.11 Å². The van der Waals surface area contributed by atoms with Crippen LogP contribution in [0.15, 0.2) is 30.3 Å². The molecule has 0 heterocycles. The van der Waals surface area contributed by atoms with Gasteiger partial charge in [0.15, 0.2) is 11.6 Å². The fraction of sp³-hybridized carbons (Fsp3) is 0.294. The number of rotatable bonds is 4. The highest BCUT2D eigenvalue weighted by Gasteiger charge is 2.22. The number of hydrogen-bond acceptors (Lipinski definition) is 3. The smallest absolute Gasteiger partial charge is 0.170 e. The summed E-state index contributed by atoms with van der Waals surface area (Å²) in [5.74, 6) is 5.55. The minimum atomic E-state index is -0.416. The van der Waals surface area contributed by atoms with Crippen LogP contribution in [0.5, 0.6) is 5.75 Å². The van der Waals surface area contributed by atoms with E-state index in [0.717, 1.165) is 16.7 Å². The first-order chi connectivity index (χ1) is 9.99. The van der Waals surface area contributed by atoms with Crippen LogP contribution in [0.25, 0.3) is 0 Å². The van der Waals surface area contributed by atoms with Gasteiger partial charge < -0.3 is 4.74 Å². The lowest BCUT2D eigenvalue weighted by Crippen LogP contribution is -2.30. The van der Waals surface area contributed by atoms with E-state index in [1.807, 2.05) is 20.8 Å². The summed E-state index contributed by atoms with van der Waals surface area (Å²) in [5, 5.41) is 0.